The molecule has 6 nitrogen and oxygen atoms in total. The molecular weight excluding hydrogens is 268 g/mol. The largest absolute Gasteiger partial charge is 0.493 e. The predicted molar refractivity (Wildman–Crippen MR) is 71.2 cm³/mol. The summed E-state index contributed by atoms with van der Waals surface area (Å²) in [6.07, 6.45) is 0.958. The molecule has 0 saturated heterocycles. The zero-order valence-corrected chi connectivity index (χ0v) is 10.9. The number of nitrogens with two attached hydrogens (primary N) is 1. The third-order valence-electron chi connectivity index (χ3n) is 2.58. The number of hydrogen-bond donors (Lipinski definition) is 2. The quantitative estimate of drug-likeness (QED) is 0.781. The molecule has 0 saturated carbocycles. The van der Waals surface area contributed by atoms with E-state index in [1.807, 2.05) is 0 Å². The highest BCUT2D eigenvalue weighted by Gasteiger charge is 2.18. The molecule has 100 valence electrons. The maximum absolute atomic E-state index is 11.8. The highest BCUT2D eigenvalue weighted by atomic mass is 32.2. The number of anilines is 1. The lowest BCUT2D eigenvalue weighted by Gasteiger charge is -2.11. The monoisotopic (exact) mass is 280 g/mol. The zero-order chi connectivity index (χ0) is 14.2. The van der Waals surface area contributed by atoms with Crippen molar-refractivity contribution in [1.29, 1.82) is 0 Å². The molecule has 2 rings (SSSR count). The van der Waals surface area contributed by atoms with Crippen LogP contribution in [0.25, 0.3) is 5.69 Å². The van der Waals surface area contributed by atoms with Crippen molar-refractivity contribution < 1.29 is 13.5 Å². The predicted octanol–water partition coefficient (Wildman–Crippen LogP) is 0.529. The summed E-state index contributed by atoms with van der Waals surface area (Å²) in [5.41, 5.74) is 5.83. The summed E-state index contributed by atoms with van der Waals surface area (Å²) in [6.45, 7) is 0. The van der Waals surface area contributed by atoms with E-state index in [0.29, 0.717) is 11.4 Å². The van der Waals surface area contributed by atoms with Gasteiger partial charge in [-0.25, -0.2) is 13.0 Å². The van der Waals surface area contributed by atoms with Crippen molar-refractivity contribution in [3.05, 3.63) is 46.8 Å². The molecule has 0 aliphatic carbocycles. The minimum Gasteiger partial charge on any atom is -0.493 e. The lowest BCUT2D eigenvalue weighted by atomic mass is 10.3. The van der Waals surface area contributed by atoms with Crippen LogP contribution in [-0.2, 0) is 9.84 Å². The van der Waals surface area contributed by atoms with Crippen LogP contribution in [0.5, 0.6) is 5.88 Å². The van der Waals surface area contributed by atoms with Gasteiger partial charge in [0.15, 0.2) is 9.84 Å². The third-order valence-corrected chi connectivity index (χ3v) is 3.70. The summed E-state index contributed by atoms with van der Waals surface area (Å²) in [7, 11) is -3.62. The molecule has 7 heteroatoms. The third kappa shape index (κ3) is 2.45. The highest BCUT2D eigenvalue weighted by molar-refractivity contribution is 7.90. The molecular formula is C12H12N2O4S. The average Bonchev–Trinajstić information content (AvgIpc) is 2.29. The van der Waals surface area contributed by atoms with Crippen molar-refractivity contribution in [2.75, 3.05) is 12.0 Å². The maximum Gasteiger partial charge on any atom is 0.257 e. The van der Waals surface area contributed by atoms with Gasteiger partial charge < -0.3 is 10.8 Å². The normalized spacial score (nSPS) is 11.4. The van der Waals surface area contributed by atoms with E-state index >= 15 is 0 Å². The number of nitrogens with zero attached hydrogens (tertiary/aromatic N) is 1. The molecule has 0 unspecified atom stereocenters. The van der Waals surface area contributed by atoms with Crippen LogP contribution in [0.1, 0.15) is 0 Å². The first-order valence-electron chi connectivity index (χ1n) is 5.31. The second-order valence-corrected chi connectivity index (χ2v) is 6.04. The molecule has 19 heavy (non-hydrogen) atoms. The van der Waals surface area contributed by atoms with Crippen LogP contribution in [-0.4, -0.2) is 24.3 Å². The van der Waals surface area contributed by atoms with E-state index in [0.717, 1.165) is 23.0 Å². The molecule has 0 fully saturated rings. The Morgan fingerprint density at radius 3 is 2.21 bits per heavy atom. The van der Waals surface area contributed by atoms with Crippen LogP contribution < -0.4 is 11.3 Å². The van der Waals surface area contributed by atoms with Crippen molar-refractivity contribution >= 4 is 15.5 Å². The second-order valence-electron chi connectivity index (χ2n) is 4.06. The average molecular weight is 280 g/mol. The van der Waals surface area contributed by atoms with Crippen molar-refractivity contribution in [1.82, 2.24) is 4.57 Å². The lowest BCUT2D eigenvalue weighted by Crippen LogP contribution is -2.19. The molecule has 0 spiro atoms. The Bertz CT molecular complexity index is 776. The Morgan fingerprint density at radius 1 is 1.11 bits per heavy atom. The van der Waals surface area contributed by atoms with Crippen molar-refractivity contribution in [3.63, 3.8) is 0 Å². The first-order chi connectivity index (χ1) is 8.80. The molecule has 0 aliphatic heterocycles. The number of pyridine rings is 1. The number of benzene rings is 1. The Hall–Kier alpha value is -2.28. The van der Waals surface area contributed by atoms with Crippen LogP contribution in [0.2, 0.25) is 0 Å². The zero-order valence-electron chi connectivity index (χ0n) is 10.1. The lowest BCUT2D eigenvalue weighted by molar-refractivity contribution is 0.418. The molecule has 0 bridgehead atoms. The summed E-state index contributed by atoms with van der Waals surface area (Å²) in [5, 5.41) is 9.98. The van der Waals surface area contributed by atoms with Crippen molar-refractivity contribution in [3.8, 4) is 11.6 Å². The first kappa shape index (κ1) is 13.2. The molecule has 1 aromatic heterocycles. The molecule has 3 N–H and O–H groups in total. The first-order valence-corrected chi connectivity index (χ1v) is 7.21. The van der Waals surface area contributed by atoms with E-state index in [4.69, 9.17) is 5.73 Å². The summed E-state index contributed by atoms with van der Waals surface area (Å²) < 4.78 is 23.9. The highest BCUT2D eigenvalue weighted by Crippen LogP contribution is 2.23. The molecule has 1 aromatic carbocycles. The van der Waals surface area contributed by atoms with E-state index in [-0.39, 0.29) is 4.90 Å². The smallest absolute Gasteiger partial charge is 0.257 e. The minimum atomic E-state index is -3.62. The van der Waals surface area contributed by atoms with E-state index in [2.05, 4.69) is 0 Å². The number of nitrogen functional groups attached to an aromatic ring is 1. The molecule has 0 radical (unpaired) electrons. The Balaban J connectivity index is 2.77. The van der Waals surface area contributed by atoms with Gasteiger partial charge in [-0.2, -0.15) is 0 Å². The van der Waals surface area contributed by atoms with Crippen LogP contribution in [0.4, 0.5) is 5.69 Å². The van der Waals surface area contributed by atoms with Gasteiger partial charge in [0.25, 0.3) is 5.56 Å². The number of sulfone groups is 1. The second kappa shape index (κ2) is 4.43. The van der Waals surface area contributed by atoms with Gasteiger partial charge in [-0.3, -0.25) is 4.79 Å². The fourth-order valence-corrected chi connectivity index (χ4v) is 2.41. The fraction of sp³-hybridized carbons (Fsp3) is 0.0833. The van der Waals surface area contributed by atoms with Gasteiger partial charge in [0.1, 0.15) is 4.90 Å². The van der Waals surface area contributed by atoms with Crippen LogP contribution in [0, 0.1) is 0 Å². The van der Waals surface area contributed by atoms with Gasteiger partial charge in [-0.05, 0) is 30.3 Å². The fourth-order valence-electron chi connectivity index (χ4n) is 1.67. The molecule has 2 aromatic rings. The van der Waals surface area contributed by atoms with Crippen LogP contribution >= 0.6 is 0 Å². The van der Waals surface area contributed by atoms with E-state index in [9.17, 15) is 18.3 Å². The number of hydrogen-bond acceptors (Lipinski definition) is 5. The summed E-state index contributed by atoms with van der Waals surface area (Å²) in [4.78, 5) is 11.5. The molecule has 1 heterocycles. The number of rotatable bonds is 2. The number of aromatic nitrogens is 1. The summed E-state index contributed by atoms with van der Waals surface area (Å²) in [6, 6.07) is 8.31. The van der Waals surface area contributed by atoms with Crippen molar-refractivity contribution in [2.24, 2.45) is 0 Å². The maximum atomic E-state index is 11.8. The summed E-state index contributed by atoms with van der Waals surface area (Å²) in [5.74, 6) is -0.611. The van der Waals surface area contributed by atoms with Crippen LogP contribution in [0.3, 0.4) is 0 Å². The minimum absolute atomic E-state index is 0.302. The van der Waals surface area contributed by atoms with Gasteiger partial charge in [0.2, 0.25) is 5.88 Å². The Morgan fingerprint density at radius 2 is 1.68 bits per heavy atom. The van der Waals surface area contributed by atoms with Gasteiger partial charge in [-0.1, -0.05) is 0 Å². The van der Waals surface area contributed by atoms with Gasteiger partial charge >= 0.3 is 0 Å². The van der Waals surface area contributed by atoms with E-state index in [1.54, 1.807) is 12.1 Å². The van der Waals surface area contributed by atoms with Gasteiger partial charge in [-0.15, -0.1) is 0 Å². The van der Waals surface area contributed by atoms with E-state index < -0.39 is 21.3 Å². The number of aromatic hydroxyl groups is 1. The standard InChI is InChI=1S/C12H12N2O4S/c1-19(17,18)10-6-7-11(15)14(12(10)16)9-4-2-8(13)3-5-9/h2-7,16H,13H2,1H3. The van der Waals surface area contributed by atoms with E-state index in [1.165, 1.54) is 12.1 Å². The molecule has 0 aliphatic rings. The SMILES string of the molecule is CS(=O)(=O)c1ccc(=O)n(-c2ccc(N)cc2)c1O. The summed E-state index contributed by atoms with van der Waals surface area (Å²) >= 11 is 0. The molecule has 0 amide bonds. The van der Waals surface area contributed by atoms with Gasteiger partial charge in [0.05, 0.1) is 5.69 Å². The Labute approximate surface area is 109 Å². The van der Waals surface area contributed by atoms with Gasteiger partial charge in [0, 0.05) is 18.0 Å². The van der Waals surface area contributed by atoms with Crippen molar-refractivity contribution in [2.45, 2.75) is 4.90 Å². The van der Waals surface area contributed by atoms with Crippen LogP contribution in [0.15, 0.2) is 46.1 Å². The topological polar surface area (TPSA) is 102 Å². The Kier molecular flexibility index (Phi) is 3.07. The molecule has 0 atom stereocenters.